The molecular weight excluding hydrogens is 214 g/mol. The van der Waals surface area contributed by atoms with Gasteiger partial charge in [0.2, 0.25) is 0 Å². The molecule has 1 heterocycles. The second-order valence-corrected chi connectivity index (χ2v) is 4.57. The topological polar surface area (TPSA) is 12.9 Å². The van der Waals surface area contributed by atoms with Gasteiger partial charge in [0.15, 0.2) is 0 Å². The van der Waals surface area contributed by atoms with E-state index in [-0.39, 0.29) is 0 Å². The predicted molar refractivity (Wildman–Crippen MR) is 69.6 cm³/mol. The molecule has 0 bridgehead atoms. The Bertz CT molecular complexity index is 439. The molecule has 0 radical (unpaired) electrons. The molecule has 2 aromatic rings. The van der Waals surface area contributed by atoms with Crippen molar-refractivity contribution in [1.82, 2.24) is 4.98 Å². The molecule has 0 saturated heterocycles. The van der Waals surface area contributed by atoms with E-state index in [1.54, 1.807) is 11.8 Å². The van der Waals surface area contributed by atoms with Crippen molar-refractivity contribution in [2.45, 2.75) is 24.1 Å². The van der Waals surface area contributed by atoms with Gasteiger partial charge in [0.1, 0.15) is 0 Å². The Morgan fingerprint density at radius 1 is 1.00 bits per heavy atom. The summed E-state index contributed by atoms with van der Waals surface area (Å²) in [4.78, 5) is 4.31. The maximum absolute atomic E-state index is 4.31. The minimum Gasteiger partial charge on any atom is -0.250 e. The van der Waals surface area contributed by atoms with Crippen LogP contribution in [0.25, 0.3) is 0 Å². The summed E-state index contributed by atoms with van der Waals surface area (Å²) in [5, 5.41) is 1.09. The molecular formula is C14H15NS. The van der Waals surface area contributed by atoms with E-state index in [4.69, 9.17) is 0 Å². The number of benzene rings is 1. The summed E-state index contributed by atoms with van der Waals surface area (Å²) < 4.78 is 0. The zero-order chi connectivity index (χ0) is 11.2. The van der Waals surface area contributed by atoms with Crippen LogP contribution in [0.15, 0.2) is 53.7 Å². The van der Waals surface area contributed by atoms with Crippen molar-refractivity contribution in [2.24, 2.45) is 0 Å². The lowest BCUT2D eigenvalue weighted by Gasteiger charge is -2.06. The van der Waals surface area contributed by atoms with Crippen LogP contribution in [0.1, 0.15) is 18.1 Å². The highest BCUT2D eigenvalue weighted by molar-refractivity contribution is 7.98. The lowest BCUT2D eigenvalue weighted by Crippen LogP contribution is -1.90. The largest absolute Gasteiger partial charge is 0.250 e. The molecule has 2 rings (SSSR count). The minimum absolute atomic E-state index is 1.00. The zero-order valence-electron chi connectivity index (χ0n) is 9.39. The lowest BCUT2D eigenvalue weighted by molar-refractivity contribution is 1.09. The first-order valence-corrected chi connectivity index (χ1v) is 6.49. The Balaban J connectivity index is 2.05. The van der Waals surface area contributed by atoms with Crippen molar-refractivity contribution < 1.29 is 0 Å². The summed E-state index contributed by atoms with van der Waals surface area (Å²) in [7, 11) is 0. The van der Waals surface area contributed by atoms with E-state index in [9.17, 15) is 0 Å². The maximum Gasteiger partial charge on any atom is 0.0963 e. The molecule has 0 aliphatic carbocycles. The van der Waals surface area contributed by atoms with Crippen molar-refractivity contribution in [2.75, 3.05) is 0 Å². The van der Waals surface area contributed by atoms with Crippen LogP contribution >= 0.6 is 11.8 Å². The van der Waals surface area contributed by atoms with Crippen LogP contribution in [-0.2, 0) is 12.2 Å². The monoisotopic (exact) mass is 229 g/mol. The molecule has 0 unspecified atom stereocenters. The SMILES string of the molecule is CCc1ccccc1CSc1ccccn1. The summed E-state index contributed by atoms with van der Waals surface area (Å²) in [5.41, 5.74) is 2.85. The fourth-order valence-electron chi connectivity index (χ4n) is 1.63. The molecule has 0 N–H and O–H groups in total. The van der Waals surface area contributed by atoms with Gasteiger partial charge in [0.25, 0.3) is 0 Å². The summed E-state index contributed by atoms with van der Waals surface area (Å²) in [6.45, 7) is 2.20. The number of hydrogen-bond donors (Lipinski definition) is 0. The molecule has 1 aromatic heterocycles. The van der Waals surface area contributed by atoms with Crippen LogP contribution in [0.2, 0.25) is 0 Å². The molecule has 0 aliphatic heterocycles. The normalized spacial score (nSPS) is 10.3. The van der Waals surface area contributed by atoms with Crippen LogP contribution in [0.3, 0.4) is 0 Å². The Hall–Kier alpha value is -1.28. The Morgan fingerprint density at radius 3 is 2.44 bits per heavy atom. The fourth-order valence-corrected chi connectivity index (χ4v) is 2.52. The van der Waals surface area contributed by atoms with Gasteiger partial charge in [-0.25, -0.2) is 4.98 Å². The van der Waals surface area contributed by atoms with E-state index < -0.39 is 0 Å². The number of aromatic nitrogens is 1. The number of thioether (sulfide) groups is 1. The Morgan fingerprint density at radius 2 is 1.75 bits per heavy atom. The van der Waals surface area contributed by atoms with E-state index in [2.05, 4.69) is 42.2 Å². The van der Waals surface area contributed by atoms with Gasteiger partial charge in [-0.2, -0.15) is 0 Å². The molecule has 82 valence electrons. The molecule has 0 atom stereocenters. The quantitative estimate of drug-likeness (QED) is 0.737. The Labute approximate surface area is 101 Å². The number of pyridine rings is 1. The number of hydrogen-bond acceptors (Lipinski definition) is 2. The molecule has 2 heteroatoms. The molecule has 0 fully saturated rings. The van der Waals surface area contributed by atoms with Crippen LogP contribution in [0.4, 0.5) is 0 Å². The number of rotatable bonds is 4. The van der Waals surface area contributed by atoms with Crippen molar-refractivity contribution >= 4 is 11.8 Å². The van der Waals surface area contributed by atoms with Crippen molar-refractivity contribution in [3.8, 4) is 0 Å². The lowest BCUT2D eigenvalue weighted by atomic mass is 10.1. The van der Waals surface area contributed by atoms with Gasteiger partial charge in [-0.05, 0) is 29.7 Å². The van der Waals surface area contributed by atoms with Gasteiger partial charge >= 0.3 is 0 Å². The van der Waals surface area contributed by atoms with Crippen LogP contribution in [0, 0.1) is 0 Å². The predicted octanol–water partition coefficient (Wildman–Crippen LogP) is 3.94. The smallest absolute Gasteiger partial charge is 0.0963 e. The third kappa shape index (κ3) is 2.86. The molecule has 0 saturated carbocycles. The van der Waals surface area contributed by atoms with Gasteiger partial charge < -0.3 is 0 Å². The van der Waals surface area contributed by atoms with E-state index in [0.717, 1.165) is 17.2 Å². The zero-order valence-corrected chi connectivity index (χ0v) is 10.2. The van der Waals surface area contributed by atoms with Crippen molar-refractivity contribution in [3.05, 3.63) is 59.8 Å². The molecule has 16 heavy (non-hydrogen) atoms. The summed E-state index contributed by atoms with van der Waals surface area (Å²) in [6.07, 6.45) is 2.94. The van der Waals surface area contributed by atoms with Gasteiger partial charge in [0, 0.05) is 11.9 Å². The first kappa shape index (κ1) is 11.2. The highest BCUT2D eigenvalue weighted by Crippen LogP contribution is 2.22. The molecule has 0 amide bonds. The first-order chi connectivity index (χ1) is 7.90. The number of nitrogens with zero attached hydrogens (tertiary/aromatic N) is 1. The molecule has 0 spiro atoms. The maximum atomic E-state index is 4.31. The van der Waals surface area contributed by atoms with Crippen molar-refractivity contribution in [3.63, 3.8) is 0 Å². The van der Waals surface area contributed by atoms with E-state index in [1.807, 2.05) is 18.3 Å². The van der Waals surface area contributed by atoms with Gasteiger partial charge in [-0.15, -0.1) is 11.8 Å². The first-order valence-electron chi connectivity index (χ1n) is 5.50. The molecule has 1 nitrogen and oxygen atoms in total. The van der Waals surface area contributed by atoms with Crippen LogP contribution in [0.5, 0.6) is 0 Å². The standard InChI is InChI=1S/C14H15NS/c1-2-12-7-3-4-8-13(12)11-16-14-9-5-6-10-15-14/h3-10H,2,11H2,1H3. The molecule has 1 aromatic carbocycles. The highest BCUT2D eigenvalue weighted by atomic mass is 32.2. The summed E-state index contributed by atoms with van der Waals surface area (Å²) >= 11 is 1.79. The minimum atomic E-state index is 1.00. The van der Waals surface area contributed by atoms with E-state index in [0.29, 0.717) is 0 Å². The van der Waals surface area contributed by atoms with Crippen LogP contribution < -0.4 is 0 Å². The second-order valence-electron chi connectivity index (χ2n) is 3.58. The second kappa shape index (κ2) is 5.71. The summed E-state index contributed by atoms with van der Waals surface area (Å²) in [5.74, 6) is 1.00. The number of aryl methyl sites for hydroxylation is 1. The van der Waals surface area contributed by atoms with Gasteiger partial charge in [-0.3, -0.25) is 0 Å². The average Bonchev–Trinajstić information content (AvgIpc) is 2.38. The van der Waals surface area contributed by atoms with Gasteiger partial charge in [0.05, 0.1) is 5.03 Å². The highest BCUT2D eigenvalue weighted by Gasteiger charge is 2.01. The average molecular weight is 229 g/mol. The third-order valence-corrected chi connectivity index (χ3v) is 3.51. The Kier molecular flexibility index (Phi) is 4.00. The van der Waals surface area contributed by atoms with E-state index >= 15 is 0 Å². The van der Waals surface area contributed by atoms with Crippen LogP contribution in [-0.4, -0.2) is 4.98 Å². The summed E-state index contributed by atoms with van der Waals surface area (Å²) in [6, 6.07) is 14.6. The van der Waals surface area contributed by atoms with E-state index in [1.165, 1.54) is 11.1 Å². The fraction of sp³-hybridized carbons (Fsp3) is 0.214. The molecule has 0 aliphatic rings. The third-order valence-electron chi connectivity index (χ3n) is 2.51. The van der Waals surface area contributed by atoms with Gasteiger partial charge in [-0.1, -0.05) is 37.3 Å². The van der Waals surface area contributed by atoms with Crippen molar-refractivity contribution in [1.29, 1.82) is 0 Å².